The summed E-state index contributed by atoms with van der Waals surface area (Å²) < 4.78 is 13.8. The lowest BCUT2D eigenvalue weighted by atomic mass is 10.1. The van der Waals surface area contributed by atoms with Gasteiger partial charge in [0.2, 0.25) is 5.91 Å². The number of imide groups is 1. The molecule has 0 atom stereocenters. The van der Waals surface area contributed by atoms with Crippen LogP contribution in [0.2, 0.25) is 0 Å². The molecule has 2 heterocycles. The molecule has 0 bridgehead atoms. The van der Waals surface area contributed by atoms with Gasteiger partial charge in [0.1, 0.15) is 16.9 Å². The summed E-state index contributed by atoms with van der Waals surface area (Å²) in [6, 6.07) is 9.35. The molecule has 0 unspecified atom stereocenters. The number of carbonyl (C=O) groups is 4. The topological polar surface area (TPSA) is 120 Å². The first-order chi connectivity index (χ1) is 16.2. The summed E-state index contributed by atoms with van der Waals surface area (Å²) in [6.07, 6.45) is 1.33. The maximum absolute atomic E-state index is 13.8. The van der Waals surface area contributed by atoms with E-state index in [1.807, 2.05) is 6.07 Å². The van der Waals surface area contributed by atoms with Gasteiger partial charge in [-0.2, -0.15) is 5.26 Å². The van der Waals surface area contributed by atoms with Crippen LogP contribution in [0.4, 0.5) is 9.18 Å². The van der Waals surface area contributed by atoms with Crippen molar-refractivity contribution < 1.29 is 23.6 Å². The van der Waals surface area contributed by atoms with Crippen LogP contribution in [0, 0.1) is 24.1 Å². The lowest BCUT2D eigenvalue weighted by Gasteiger charge is -2.13. The van der Waals surface area contributed by atoms with Gasteiger partial charge in [-0.3, -0.25) is 24.1 Å². The molecule has 1 aliphatic heterocycles. The summed E-state index contributed by atoms with van der Waals surface area (Å²) in [7, 11) is 0. The average molecular weight is 499 g/mol. The molecule has 3 amide bonds. The van der Waals surface area contributed by atoms with Crippen LogP contribution in [0.5, 0.6) is 0 Å². The number of rotatable bonds is 8. The highest BCUT2D eigenvalue weighted by molar-refractivity contribution is 8.18. The minimum absolute atomic E-state index is 0.0330. The number of thioether (sulfide) groups is 2. The third-order valence-electron chi connectivity index (χ3n) is 4.74. The highest BCUT2D eigenvalue weighted by Crippen LogP contribution is 2.32. The Morgan fingerprint density at radius 3 is 2.74 bits per heavy atom. The van der Waals surface area contributed by atoms with E-state index in [1.165, 1.54) is 37.3 Å². The highest BCUT2D eigenvalue weighted by atomic mass is 32.2. The van der Waals surface area contributed by atoms with Gasteiger partial charge in [0, 0.05) is 29.9 Å². The van der Waals surface area contributed by atoms with Crippen LogP contribution >= 0.6 is 23.5 Å². The summed E-state index contributed by atoms with van der Waals surface area (Å²) in [6.45, 7) is 3.03. The molecule has 34 heavy (non-hydrogen) atoms. The zero-order valence-electron chi connectivity index (χ0n) is 18.3. The van der Waals surface area contributed by atoms with Crippen molar-refractivity contribution in [3.8, 4) is 6.07 Å². The molecule has 0 radical (unpaired) electrons. The molecule has 174 valence electrons. The number of benzene rings is 1. The van der Waals surface area contributed by atoms with Gasteiger partial charge in [0.15, 0.2) is 5.78 Å². The van der Waals surface area contributed by atoms with Crippen molar-refractivity contribution in [2.45, 2.75) is 18.9 Å². The summed E-state index contributed by atoms with van der Waals surface area (Å²) in [5, 5.41) is 11.8. The van der Waals surface area contributed by atoms with E-state index in [4.69, 9.17) is 0 Å². The first-order valence-electron chi connectivity index (χ1n) is 10.0. The summed E-state index contributed by atoms with van der Waals surface area (Å²) in [4.78, 5) is 53.9. The largest absolute Gasteiger partial charge is 0.354 e. The summed E-state index contributed by atoms with van der Waals surface area (Å²) in [5.41, 5.74) is 1.23. The van der Waals surface area contributed by atoms with Crippen LogP contribution in [0.25, 0.3) is 6.08 Å². The Morgan fingerprint density at radius 2 is 2.06 bits per heavy atom. The Kier molecular flexibility index (Phi) is 8.20. The number of hydrogen-bond donors (Lipinski definition) is 1. The zero-order valence-corrected chi connectivity index (χ0v) is 19.9. The lowest BCUT2D eigenvalue weighted by molar-refractivity contribution is -0.123. The van der Waals surface area contributed by atoms with E-state index in [0.29, 0.717) is 28.0 Å². The van der Waals surface area contributed by atoms with Gasteiger partial charge in [-0.05, 0) is 43.8 Å². The second-order valence-corrected chi connectivity index (χ2v) is 9.09. The van der Waals surface area contributed by atoms with Crippen molar-refractivity contribution in [3.05, 3.63) is 63.4 Å². The van der Waals surface area contributed by atoms with Crippen LogP contribution in [-0.2, 0) is 9.59 Å². The third-order valence-corrected chi connectivity index (χ3v) is 6.64. The first-order valence-corrected chi connectivity index (χ1v) is 11.8. The number of hydrogen-bond acceptors (Lipinski definition) is 8. The smallest absolute Gasteiger partial charge is 0.293 e. The second-order valence-electron chi connectivity index (χ2n) is 7.14. The van der Waals surface area contributed by atoms with E-state index in [-0.39, 0.29) is 46.6 Å². The molecule has 1 aromatic carbocycles. The van der Waals surface area contributed by atoms with E-state index in [1.54, 1.807) is 13.0 Å². The second kappa shape index (κ2) is 11.1. The van der Waals surface area contributed by atoms with Gasteiger partial charge < -0.3 is 5.32 Å². The minimum atomic E-state index is -0.550. The third kappa shape index (κ3) is 5.89. The van der Waals surface area contributed by atoms with Gasteiger partial charge in [-0.1, -0.05) is 30.0 Å². The molecule has 1 aromatic heterocycles. The predicted octanol–water partition coefficient (Wildman–Crippen LogP) is 3.55. The van der Waals surface area contributed by atoms with Crippen molar-refractivity contribution in [2.75, 3.05) is 18.8 Å². The SMILES string of the molecule is CC(=O)c1cc(C#N)c(SCC(=O)NCCN2C(=O)S/C(=C\c3ccccc3F)C2=O)nc1C. The summed E-state index contributed by atoms with van der Waals surface area (Å²) in [5.74, 6) is -1.68. The fourth-order valence-electron chi connectivity index (χ4n) is 3.05. The highest BCUT2D eigenvalue weighted by Gasteiger charge is 2.34. The van der Waals surface area contributed by atoms with Crippen molar-refractivity contribution in [1.29, 1.82) is 5.26 Å². The number of nitrogens with one attached hydrogen (secondary N) is 1. The van der Waals surface area contributed by atoms with E-state index < -0.39 is 17.0 Å². The van der Waals surface area contributed by atoms with E-state index >= 15 is 0 Å². The van der Waals surface area contributed by atoms with Crippen LogP contribution in [0.3, 0.4) is 0 Å². The number of carbonyl (C=O) groups excluding carboxylic acids is 4. The minimum Gasteiger partial charge on any atom is -0.354 e. The van der Waals surface area contributed by atoms with Crippen molar-refractivity contribution in [3.63, 3.8) is 0 Å². The Labute approximate surface area is 203 Å². The Bertz CT molecular complexity index is 1260. The fraction of sp³-hybridized carbons (Fsp3) is 0.217. The van der Waals surface area contributed by atoms with Crippen LogP contribution in [-0.4, -0.2) is 51.6 Å². The van der Waals surface area contributed by atoms with E-state index in [2.05, 4.69) is 10.3 Å². The molecule has 1 fully saturated rings. The molecule has 1 saturated heterocycles. The number of aromatic nitrogens is 1. The molecule has 11 heteroatoms. The summed E-state index contributed by atoms with van der Waals surface area (Å²) >= 11 is 1.76. The van der Waals surface area contributed by atoms with Crippen LogP contribution in [0.1, 0.15) is 34.1 Å². The molecule has 3 rings (SSSR count). The number of aryl methyl sites for hydroxylation is 1. The fourth-order valence-corrected chi connectivity index (χ4v) is 4.74. The normalized spacial score (nSPS) is 14.4. The molecule has 2 aromatic rings. The molecule has 0 aliphatic carbocycles. The van der Waals surface area contributed by atoms with E-state index in [0.717, 1.165) is 16.7 Å². The number of nitrogens with zero attached hydrogens (tertiary/aromatic N) is 3. The molecule has 0 saturated carbocycles. The first kappa shape index (κ1) is 25.1. The van der Waals surface area contributed by atoms with Gasteiger partial charge in [0.25, 0.3) is 11.1 Å². The standard InChI is InChI=1S/C23H19FN4O4S2/c1-13-17(14(2)29)9-16(11-25)21(27-13)33-12-20(30)26-7-8-28-22(31)19(34-23(28)32)10-15-5-3-4-6-18(15)24/h3-6,9-10H,7-8,12H2,1-2H3,(H,26,30)/b19-10-. The lowest BCUT2D eigenvalue weighted by Crippen LogP contribution is -2.37. The molecule has 0 spiro atoms. The van der Waals surface area contributed by atoms with Gasteiger partial charge >= 0.3 is 0 Å². The molecule has 1 N–H and O–H groups in total. The molecule has 8 nitrogen and oxygen atoms in total. The van der Waals surface area contributed by atoms with Crippen LogP contribution in [0.15, 0.2) is 40.3 Å². The quantitative estimate of drug-likeness (QED) is 0.333. The number of Topliss-reactive ketones (excluding diaryl/α,β-unsaturated/α-hetero) is 1. The average Bonchev–Trinajstić information content (AvgIpc) is 3.06. The van der Waals surface area contributed by atoms with Crippen molar-refractivity contribution >= 4 is 52.4 Å². The Hall–Kier alpha value is -3.49. The monoisotopic (exact) mass is 498 g/mol. The van der Waals surface area contributed by atoms with E-state index in [9.17, 15) is 28.8 Å². The van der Waals surface area contributed by atoms with Gasteiger partial charge in [0.05, 0.1) is 16.2 Å². The zero-order chi connectivity index (χ0) is 24.8. The van der Waals surface area contributed by atoms with Crippen molar-refractivity contribution in [1.82, 2.24) is 15.2 Å². The maximum Gasteiger partial charge on any atom is 0.293 e. The number of halogens is 1. The van der Waals surface area contributed by atoms with Gasteiger partial charge in [-0.25, -0.2) is 9.37 Å². The number of ketones is 1. The number of amides is 3. The Balaban J connectivity index is 1.54. The molecular weight excluding hydrogens is 479 g/mol. The van der Waals surface area contributed by atoms with Gasteiger partial charge in [-0.15, -0.1) is 0 Å². The number of pyridine rings is 1. The van der Waals surface area contributed by atoms with Crippen molar-refractivity contribution in [2.24, 2.45) is 0 Å². The maximum atomic E-state index is 13.8. The predicted molar refractivity (Wildman–Crippen MR) is 127 cm³/mol. The Morgan fingerprint density at radius 1 is 1.32 bits per heavy atom. The van der Waals surface area contributed by atoms with Crippen LogP contribution < -0.4 is 5.32 Å². The molecule has 1 aliphatic rings. The number of nitriles is 1. The molecular formula is C23H19FN4O4S2.